The highest BCUT2D eigenvalue weighted by atomic mass is 16.5. The molecule has 0 radical (unpaired) electrons. The Balaban J connectivity index is 1.82. The van der Waals surface area contributed by atoms with E-state index >= 15 is 0 Å². The lowest BCUT2D eigenvalue weighted by atomic mass is 10.0. The zero-order valence-electron chi connectivity index (χ0n) is 17.0. The maximum atomic E-state index is 11.8. The average molecular weight is 376 g/mol. The van der Waals surface area contributed by atoms with Crippen LogP contribution in [0.1, 0.15) is 36.7 Å². The van der Waals surface area contributed by atoms with E-state index in [4.69, 9.17) is 4.74 Å². The van der Waals surface area contributed by atoms with Gasteiger partial charge in [0.2, 0.25) is 0 Å². The first-order valence-electron chi connectivity index (χ1n) is 9.60. The number of hydrogen-bond acceptors (Lipinski definition) is 4. The number of carbonyl (C=O) groups is 1. The molecule has 150 valence electrons. The molecule has 1 aliphatic heterocycles. The maximum Gasteiger partial charge on any atom is 0.251 e. The van der Waals surface area contributed by atoms with Crippen molar-refractivity contribution in [3.63, 3.8) is 0 Å². The van der Waals surface area contributed by atoms with Gasteiger partial charge in [0.1, 0.15) is 0 Å². The molecular formula is C20H33N5O2. The molecule has 0 unspecified atom stereocenters. The molecule has 0 saturated carbocycles. The van der Waals surface area contributed by atoms with Crippen molar-refractivity contribution >= 4 is 11.9 Å². The lowest BCUT2D eigenvalue weighted by molar-refractivity contribution is -0.00834. The van der Waals surface area contributed by atoms with Gasteiger partial charge < -0.3 is 20.7 Å². The topological polar surface area (TPSA) is 78.0 Å². The minimum Gasteiger partial charge on any atom is -0.379 e. The summed E-state index contributed by atoms with van der Waals surface area (Å²) in [5.74, 6) is 0.726. The molecule has 1 aromatic carbocycles. The third kappa shape index (κ3) is 6.52. The lowest BCUT2D eigenvalue weighted by Crippen LogP contribution is -2.56. The molecule has 27 heavy (non-hydrogen) atoms. The Morgan fingerprint density at radius 1 is 1.15 bits per heavy atom. The molecule has 2 rings (SSSR count). The predicted octanol–water partition coefficient (Wildman–Crippen LogP) is 1.21. The van der Waals surface area contributed by atoms with Crippen molar-refractivity contribution in [1.82, 2.24) is 20.9 Å². The molecule has 1 amide bonds. The van der Waals surface area contributed by atoms with Crippen LogP contribution in [-0.2, 0) is 11.3 Å². The van der Waals surface area contributed by atoms with Gasteiger partial charge in [-0.25, -0.2) is 0 Å². The summed E-state index contributed by atoms with van der Waals surface area (Å²) in [7, 11) is 1.77. The molecule has 1 heterocycles. The minimum absolute atomic E-state index is 0.0235. The van der Waals surface area contributed by atoms with Crippen molar-refractivity contribution in [3.05, 3.63) is 35.4 Å². The lowest BCUT2D eigenvalue weighted by Gasteiger charge is -2.41. The number of nitrogens with zero attached hydrogens (tertiary/aromatic N) is 2. The number of amides is 1. The second-order valence-electron chi connectivity index (χ2n) is 7.25. The molecule has 7 nitrogen and oxygen atoms in total. The second kappa shape index (κ2) is 10.3. The van der Waals surface area contributed by atoms with Gasteiger partial charge in [0, 0.05) is 50.9 Å². The largest absolute Gasteiger partial charge is 0.379 e. The summed E-state index contributed by atoms with van der Waals surface area (Å²) < 4.78 is 5.44. The van der Waals surface area contributed by atoms with E-state index < -0.39 is 0 Å². The average Bonchev–Trinajstić information content (AvgIpc) is 2.69. The number of guanidine groups is 1. The molecule has 1 aliphatic rings. The van der Waals surface area contributed by atoms with Crippen LogP contribution in [0.4, 0.5) is 0 Å². The standard InChI is InChI=1S/C20H33N5O2/c1-5-22-18(26)17-8-6-16(7-9-17)14-23-19(21-4)24-15-20(2,3)25-10-12-27-13-11-25/h6-9H,5,10-15H2,1-4H3,(H,22,26)(H2,21,23,24). The van der Waals surface area contributed by atoms with E-state index in [9.17, 15) is 4.79 Å². The first kappa shape index (κ1) is 21.2. The quantitative estimate of drug-likeness (QED) is 0.493. The molecule has 3 N–H and O–H groups in total. The Hall–Kier alpha value is -2.12. The van der Waals surface area contributed by atoms with Gasteiger partial charge >= 0.3 is 0 Å². The number of morpholine rings is 1. The van der Waals surface area contributed by atoms with Gasteiger partial charge in [0.25, 0.3) is 5.91 Å². The summed E-state index contributed by atoms with van der Waals surface area (Å²) in [4.78, 5) is 18.6. The number of nitrogens with one attached hydrogen (secondary N) is 3. The second-order valence-corrected chi connectivity index (χ2v) is 7.25. The van der Waals surface area contributed by atoms with Gasteiger partial charge in [-0.1, -0.05) is 12.1 Å². The molecule has 0 bridgehead atoms. The Morgan fingerprint density at radius 3 is 2.41 bits per heavy atom. The first-order chi connectivity index (χ1) is 13.0. The fraction of sp³-hybridized carbons (Fsp3) is 0.600. The summed E-state index contributed by atoms with van der Waals surface area (Å²) in [6, 6.07) is 7.62. The summed E-state index contributed by atoms with van der Waals surface area (Å²) in [5, 5.41) is 9.55. The zero-order valence-corrected chi connectivity index (χ0v) is 17.0. The van der Waals surface area contributed by atoms with E-state index in [0.29, 0.717) is 18.7 Å². The van der Waals surface area contributed by atoms with E-state index in [0.717, 1.165) is 44.4 Å². The highest BCUT2D eigenvalue weighted by molar-refractivity contribution is 5.94. The van der Waals surface area contributed by atoms with Gasteiger partial charge in [-0.3, -0.25) is 14.7 Å². The van der Waals surface area contributed by atoms with Crippen LogP contribution >= 0.6 is 0 Å². The number of benzene rings is 1. The molecule has 1 fully saturated rings. The van der Waals surface area contributed by atoms with E-state index in [1.54, 1.807) is 7.05 Å². The monoisotopic (exact) mass is 375 g/mol. The maximum absolute atomic E-state index is 11.8. The Morgan fingerprint density at radius 2 is 1.81 bits per heavy atom. The van der Waals surface area contributed by atoms with Crippen LogP contribution in [0.2, 0.25) is 0 Å². The van der Waals surface area contributed by atoms with Gasteiger partial charge in [0.05, 0.1) is 13.2 Å². The van der Waals surface area contributed by atoms with Gasteiger partial charge in [0.15, 0.2) is 5.96 Å². The Labute approximate surface area is 162 Å². The fourth-order valence-corrected chi connectivity index (χ4v) is 3.02. The molecular weight excluding hydrogens is 342 g/mol. The van der Waals surface area contributed by atoms with Crippen LogP contribution in [-0.4, -0.2) is 68.7 Å². The van der Waals surface area contributed by atoms with E-state index in [-0.39, 0.29) is 11.4 Å². The molecule has 1 saturated heterocycles. The van der Waals surface area contributed by atoms with Crippen LogP contribution in [0.15, 0.2) is 29.3 Å². The van der Waals surface area contributed by atoms with E-state index in [2.05, 4.69) is 39.7 Å². The first-order valence-corrected chi connectivity index (χ1v) is 9.60. The van der Waals surface area contributed by atoms with Crippen molar-refractivity contribution in [1.29, 1.82) is 0 Å². The van der Waals surface area contributed by atoms with Crippen LogP contribution in [0, 0.1) is 0 Å². The number of ether oxygens (including phenoxy) is 1. The highest BCUT2D eigenvalue weighted by Crippen LogP contribution is 2.15. The minimum atomic E-state index is -0.0418. The van der Waals surface area contributed by atoms with Crippen molar-refractivity contribution in [3.8, 4) is 0 Å². The summed E-state index contributed by atoms with van der Waals surface area (Å²) in [6.07, 6.45) is 0. The van der Waals surface area contributed by atoms with Crippen LogP contribution < -0.4 is 16.0 Å². The summed E-state index contributed by atoms with van der Waals surface area (Å²) in [6.45, 7) is 12.0. The van der Waals surface area contributed by atoms with Gasteiger partial charge in [-0.15, -0.1) is 0 Å². The van der Waals surface area contributed by atoms with Gasteiger partial charge in [-0.05, 0) is 38.5 Å². The van der Waals surface area contributed by atoms with Crippen molar-refractivity contribution in [2.75, 3.05) is 46.4 Å². The molecule has 0 spiro atoms. The number of hydrogen-bond donors (Lipinski definition) is 3. The fourth-order valence-electron chi connectivity index (χ4n) is 3.02. The van der Waals surface area contributed by atoms with Gasteiger partial charge in [-0.2, -0.15) is 0 Å². The molecule has 0 aromatic heterocycles. The van der Waals surface area contributed by atoms with Crippen LogP contribution in [0.25, 0.3) is 0 Å². The molecule has 0 aliphatic carbocycles. The third-order valence-corrected chi connectivity index (χ3v) is 4.79. The Kier molecular flexibility index (Phi) is 8.06. The van der Waals surface area contributed by atoms with Crippen molar-refractivity contribution < 1.29 is 9.53 Å². The summed E-state index contributed by atoms with van der Waals surface area (Å²) in [5.41, 5.74) is 1.80. The highest BCUT2D eigenvalue weighted by Gasteiger charge is 2.28. The number of carbonyl (C=O) groups excluding carboxylic acids is 1. The predicted molar refractivity (Wildman–Crippen MR) is 109 cm³/mol. The van der Waals surface area contributed by atoms with E-state index in [1.165, 1.54) is 0 Å². The van der Waals surface area contributed by atoms with Crippen LogP contribution in [0.3, 0.4) is 0 Å². The van der Waals surface area contributed by atoms with Crippen molar-refractivity contribution in [2.24, 2.45) is 4.99 Å². The van der Waals surface area contributed by atoms with Crippen LogP contribution in [0.5, 0.6) is 0 Å². The molecule has 0 atom stereocenters. The third-order valence-electron chi connectivity index (χ3n) is 4.79. The molecule has 7 heteroatoms. The Bertz CT molecular complexity index is 622. The van der Waals surface area contributed by atoms with Crippen molar-refractivity contribution in [2.45, 2.75) is 32.9 Å². The smallest absolute Gasteiger partial charge is 0.251 e. The number of aliphatic imine (C=N–C) groups is 1. The van der Waals surface area contributed by atoms with E-state index in [1.807, 2.05) is 31.2 Å². The number of rotatable bonds is 7. The normalized spacial score (nSPS) is 16.1. The molecule has 1 aromatic rings. The zero-order chi connectivity index (χ0) is 19.7. The SMILES string of the molecule is CCNC(=O)c1ccc(CNC(=NC)NCC(C)(C)N2CCOCC2)cc1. The summed E-state index contributed by atoms with van der Waals surface area (Å²) >= 11 is 0.